The number of aromatic amines is 1. The number of rotatable bonds is 3. The molecule has 94 valence electrons. The lowest BCUT2D eigenvalue weighted by atomic mass is 10.0. The van der Waals surface area contributed by atoms with Gasteiger partial charge in [-0.15, -0.1) is 0 Å². The van der Waals surface area contributed by atoms with E-state index in [-0.39, 0.29) is 11.4 Å². The van der Waals surface area contributed by atoms with Crippen LogP contribution < -0.4 is 5.56 Å². The molecule has 0 spiro atoms. The molecule has 0 atom stereocenters. The van der Waals surface area contributed by atoms with E-state index in [1.165, 1.54) is 0 Å². The van der Waals surface area contributed by atoms with Gasteiger partial charge in [0.15, 0.2) is 0 Å². The summed E-state index contributed by atoms with van der Waals surface area (Å²) in [6, 6.07) is 0. The van der Waals surface area contributed by atoms with E-state index in [2.05, 4.69) is 9.97 Å². The van der Waals surface area contributed by atoms with E-state index < -0.39 is 5.60 Å². The van der Waals surface area contributed by atoms with E-state index in [0.29, 0.717) is 17.8 Å². The molecule has 1 aliphatic rings. The fourth-order valence-electron chi connectivity index (χ4n) is 2.50. The molecule has 1 aliphatic carbocycles. The average Bonchev–Trinajstić information content (AvgIpc) is 2.78. The third-order valence-corrected chi connectivity index (χ3v) is 3.58. The summed E-state index contributed by atoms with van der Waals surface area (Å²) in [6.07, 6.45) is 4.23. The largest absolute Gasteiger partial charge is 0.493 e. The lowest BCUT2D eigenvalue weighted by molar-refractivity contribution is -0.0169. The molecule has 0 aromatic carbocycles. The number of nitrogens with one attached hydrogen (secondary N) is 1. The highest BCUT2D eigenvalue weighted by molar-refractivity contribution is 5.24. The van der Waals surface area contributed by atoms with Gasteiger partial charge in [0.1, 0.15) is 11.4 Å². The monoisotopic (exact) mass is 238 g/mol. The zero-order valence-corrected chi connectivity index (χ0v) is 10.2. The van der Waals surface area contributed by atoms with Gasteiger partial charge in [0, 0.05) is 7.11 Å². The van der Waals surface area contributed by atoms with Crippen molar-refractivity contribution >= 4 is 0 Å². The number of H-pyrrole nitrogens is 1. The van der Waals surface area contributed by atoms with Crippen molar-refractivity contribution in [2.45, 2.75) is 44.6 Å². The second kappa shape index (κ2) is 4.49. The molecule has 0 unspecified atom stereocenters. The fraction of sp³-hybridized carbons (Fsp3) is 0.667. The number of hydrogen-bond acceptors (Lipinski definition) is 4. The molecule has 1 aromatic rings. The minimum absolute atomic E-state index is 0.172. The van der Waals surface area contributed by atoms with Crippen molar-refractivity contribution in [2.24, 2.45) is 0 Å². The molecule has 0 amide bonds. The lowest BCUT2D eigenvalue weighted by Crippen LogP contribution is -2.31. The Kier molecular flexibility index (Phi) is 3.19. The molecule has 1 fully saturated rings. The number of methoxy groups -OCH3 is 1. The summed E-state index contributed by atoms with van der Waals surface area (Å²) in [5.74, 6) is 0.284. The molecular formula is C12H18N2O3. The first-order valence-electron chi connectivity index (χ1n) is 6.01. The Balaban J connectivity index is 2.49. The Hall–Kier alpha value is -1.36. The maximum atomic E-state index is 11.8. The van der Waals surface area contributed by atoms with Gasteiger partial charge in [-0.2, -0.15) is 4.98 Å². The summed E-state index contributed by atoms with van der Waals surface area (Å²) in [5.41, 5.74) is -0.459. The van der Waals surface area contributed by atoms with E-state index in [4.69, 9.17) is 4.74 Å². The summed E-state index contributed by atoms with van der Waals surface area (Å²) >= 11 is 0. The number of hydrogen-bond donors (Lipinski definition) is 2. The highest BCUT2D eigenvalue weighted by atomic mass is 16.5. The Morgan fingerprint density at radius 3 is 2.59 bits per heavy atom. The molecule has 0 aliphatic heterocycles. The topological polar surface area (TPSA) is 75.2 Å². The lowest BCUT2D eigenvalue weighted by Gasteiger charge is -2.26. The summed E-state index contributed by atoms with van der Waals surface area (Å²) in [5, 5.41) is 9.76. The Morgan fingerprint density at radius 2 is 2.12 bits per heavy atom. The number of aromatic hydroxyl groups is 1. The van der Waals surface area contributed by atoms with Crippen molar-refractivity contribution < 1.29 is 9.84 Å². The van der Waals surface area contributed by atoms with Gasteiger partial charge < -0.3 is 14.8 Å². The fourth-order valence-corrected chi connectivity index (χ4v) is 2.50. The first kappa shape index (κ1) is 12.1. The molecule has 2 rings (SSSR count). The minimum atomic E-state index is -0.525. The van der Waals surface area contributed by atoms with Gasteiger partial charge in [-0.05, 0) is 32.1 Å². The molecule has 5 nitrogen and oxygen atoms in total. The number of nitrogens with zero attached hydrogens (tertiary/aromatic N) is 1. The van der Waals surface area contributed by atoms with Crippen molar-refractivity contribution in [3.63, 3.8) is 0 Å². The molecule has 1 aromatic heterocycles. The minimum Gasteiger partial charge on any atom is -0.493 e. The van der Waals surface area contributed by atoms with Gasteiger partial charge in [0.05, 0.1) is 5.56 Å². The van der Waals surface area contributed by atoms with Crippen molar-refractivity contribution in [1.82, 2.24) is 9.97 Å². The highest BCUT2D eigenvalue weighted by Crippen LogP contribution is 2.40. The predicted molar refractivity (Wildman–Crippen MR) is 63.1 cm³/mol. The first-order chi connectivity index (χ1) is 8.13. The van der Waals surface area contributed by atoms with Crippen LogP contribution >= 0.6 is 0 Å². The molecule has 1 saturated carbocycles. The van der Waals surface area contributed by atoms with Gasteiger partial charge in [0.2, 0.25) is 5.88 Å². The Bertz CT molecular complexity index is 461. The Labute approximate surface area is 99.9 Å². The van der Waals surface area contributed by atoms with Crippen LogP contribution in [-0.2, 0) is 16.8 Å². The Morgan fingerprint density at radius 1 is 1.47 bits per heavy atom. The summed E-state index contributed by atoms with van der Waals surface area (Å²) < 4.78 is 5.52. The van der Waals surface area contributed by atoms with Gasteiger partial charge in [-0.3, -0.25) is 4.79 Å². The highest BCUT2D eigenvalue weighted by Gasteiger charge is 2.38. The van der Waals surface area contributed by atoms with E-state index in [0.717, 1.165) is 25.7 Å². The summed E-state index contributed by atoms with van der Waals surface area (Å²) in [6.45, 7) is 1.81. The quantitative estimate of drug-likeness (QED) is 0.835. The van der Waals surface area contributed by atoms with E-state index >= 15 is 0 Å². The molecule has 17 heavy (non-hydrogen) atoms. The van der Waals surface area contributed by atoms with E-state index in [1.807, 2.05) is 6.92 Å². The third-order valence-electron chi connectivity index (χ3n) is 3.58. The molecule has 0 radical (unpaired) electrons. The van der Waals surface area contributed by atoms with Crippen LogP contribution in [0.4, 0.5) is 0 Å². The SMILES string of the molecule is CCc1c(O)nc(C2(OC)CCCC2)[nH]c1=O. The maximum Gasteiger partial charge on any atom is 0.258 e. The van der Waals surface area contributed by atoms with E-state index in [9.17, 15) is 9.90 Å². The molecular weight excluding hydrogens is 220 g/mol. The predicted octanol–water partition coefficient (Wildman–Crippen LogP) is 1.45. The summed E-state index contributed by atoms with van der Waals surface area (Å²) in [4.78, 5) is 18.7. The number of aromatic nitrogens is 2. The van der Waals surface area contributed by atoms with Crippen molar-refractivity contribution in [3.05, 3.63) is 21.7 Å². The van der Waals surface area contributed by atoms with Crippen LogP contribution in [0.3, 0.4) is 0 Å². The second-order valence-corrected chi connectivity index (χ2v) is 4.48. The maximum absolute atomic E-state index is 11.8. The van der Waals surface area contributed by atoms with Crippen LogP contribution in [0.2, 0.25) is 0 Å². The standard InChI is InChI=1S/C12H18N2O3/c1-3-8-9(15)13-11(14-10(8)16)12(17-2)6-4-5-7-12/h3-7H2,1-2H3,(H2,13,14,15,16). The molecule has 2 N–H and O–H groups in total. The molecule has 5 heteroatoms. The zero-order valence-electron chi connectivity index (χ0n) is 10.2. The van der Waals surface area contributed by atoms with Gasteiger partial charge >= 0.3 is 0 Å². The van der Waals surface area contributed by atoms with Crippen LogP contribution in [0.5, 0.6) is 5.88 Å². The van der Waals surface area contributed by atoms with Crippen LogP contribution in [0.1, 0.15) is 44.0 Å². The summed E-state index contributed by atoms with van der Waals surface area (Å²) in [7, 11) is 1.62. The zero-order chi connectivity index (χ0) is 12.5. The normalized spacial score (nSPS) is 18.5. The van der Waals surface area contributed by atoms with Gasteiger partial charge in [0.25, 0.3) is 5.56 Å². The van der Waals surface area contributed by atoms with Crippen molar-refractivity contribution in [1.29, 1.82) is 0 Å². The van der Waals surface area contributed by atoms with Gasteiger partial charge in [-0.1, -0.05) is 6.92 Å². The first-order valence-corrected chi connectivity index (χ1v) is 6.01. The molecule has 1 heterocycles. The van der Waals surface area contributed by atoms with Crippen molar-refractivity contribution in [3.8, 4) is 5.88 Å². The smallest absolute Gasteiger partial charge is 0.258 e. The van der Waals surface area contributed by atoms with Crippen LogP contribution in [0.25, 0.3) is 0 Å². The average molecular weight is 238 g/mol. The molecule has 0 saturated heterocycles. The van der Waals surface area contributed by atoms with E-state index in [1.54, 1.807) is 7.11 Å². The third kappa shape index (κ3) is 1.95. The van der Waals surface area contributed by atoms with Crippen molar-refractivity contribution in [2.75, 3.05) is 7.11 Å². The van der Waals surface area contributed by atoms with Crippen LogP contribution in [0.15, 0.2) is 4.79 Å². The van der Waals surface area contributed by atoms with Gasteiger partial charge in [-0.25, -0.2) is 0 Å². The second-order valence-electron chi connectivity index (χ2n) is 4.48. The van der Waals surface area contributed by atoms with Crippen LogP contribution in [-0.4, -0.2) is 22.2 Å². The molecule has 0 bridgehead atoms. The van der Waals surface area contributed by atoms with Crippen LogP contribution in [0, 0.1) is 0 Å². The number of ether oxygens (including phenoxy) is 1.